The Bertz CT molecular complexity index is 1130. The number of methoxy groups -OCH3 is 2. The van der Waals surface area contributed by atoms with Crippen LogP contribution in [0.15, 0.2) is 71.3 Å². The fraction of sp³-hybridized carbons (Fsp3) is 0.308. The molecular formula is C26H27NO6. The summed E-state index contributed by atoms with van der Waals surface area (Å²) in [5, 5.41) is 0. The van der Waals surface area contributed by atoms with Gasteiger partial charge in [-0.3, -0.25) is 4.79 Å². The van der Waals surface area contributed by atoms with Crippen LogP contribution < -0.4 is 15.2 Å². The molecule has 2 aromatic rings. The van der Waals surface area contributed by atoms with E-state index in [-0.39, 0.29) is 29.8 Å². The molecule has 0 spiro atoms. The van der Waals surface area contributed by atoms with E-state index < -0.39 is 11.9 Å². The number of allylic oxidation sites excluding steroid dienone is 2. The van der Waals surface area contributed by atoms with Gasteiger partial charge in [-0.1, -0.05) is 36.4 Å². The lowest BCUT2D eigenvalue weighted by molar-refractivity contribution is -0.139. The molecule has 2 atom stereocenters. The molecule has 0 saturated carbocycles. The Morgan fingerprint density at radius 2 is 1.85 bits per heavy atom. The molecule has 172 valence electrons. The van der Waals surface area contributed by atoms with E-state index in [0.717, 1.165) is 5.56 Å². The fourth-order valence-electron chi connectivity index (χ4n) is 4.54. The molecule has 0 bridgehead atoms. The molecule has 0 aromatic heterocycles. The van der Waals surface area contributed by atoms with Crippen LogP contribution in [0.1, 0.15) is 42.7 Å². The second-order valence-corrected chi connectivity index (χ2v) is 7.92. The van der Waals surface area contributed by atoms with E-state index >= 15 is 0 Å². The molecule has 2 aromatic carbocycles. The normalized spacial score (nSPS) is 20.2. The minimum Gasteiger partial charge on any atom is -0.497 e. The van der Waals surface area contributed by atoms with E-state index in [1.165, 1.54) is 7.11 Å². The van der Waals surface area contributed by atoms with Crippen LogP contribution in [-0.4, -0.2) is 32.6 Å². The van der Waals surface area contributed by atoms with Crippen LogP contribution in [0.25, 0.3) is 0 Å². The lowest BCUT2D eigenvalue weighted by atomic mass is 9.73. The zero-order valence-electron chi connectivity index (χ0n) is 18.9. The van der Waals surface area contributed by atoms with Crippen molar-refractivity contribution in [1.29, 1.82) is 0 Å². The number of hydrogen-bond acceptors (Lipinski definition) is 7. The molecule has 1 aliphatic heterocycles. The molecule has 2 N–H and O–H groups in total. The molecule has 33 heavy (non-hydrogen) atoms. The minimum absolute atomic E-state index is 0.0344. The summed E-state index contributed by atoms with van der Waals surface area (Å²) in [6.45, 7) is 1.88. The molecule has 1 heterocycles. The average Bonchev–Trinajstić information content (AvgIpc) is 2.83. The van der Waals surface area contributed by atoms with Crippen LogP contribution in [0.3, 0.4) is 0 Å². The van der Waals surface area contributed by atoms with Crippen molar-refractivity contribution in [2.24, 2.45) is 5.73 Å². The Kier molecular flexibility index (Phi) is 6.40. The van der Waals surface area contributed by atoms with Crippen LogP contribution in [0, 0.1) is 0 Å². The maximum absolute atomic E-state index is 13.5. The highest BCUT2D eigenvalue weighted by Gasteiger charge is 2.44. The van der Waals surface area contributed by atoms with E-state index in [4.69, 9.17) is 24.7 Å². The Labute approximate surface area is 192 Å². The zero-order valence-corrected chi connectivity index (χ0v) is 18.9. The smallest absolute Gasteiger partial charge is 0.340 e. The third-order valence-corrected chi connectivity index (χ3v) is 6.06. The Hall–Kier alpha value is -3.74. The quantitative estimate of drug-likeness (QED) is 0.667. The topological polar surface area (TPSA) is 97.1 Å². The standard InChI is InChI=1S/C26H27NO6/c1-4-32-26(29)24-22(18-11-10-17(30-2)14-20(18)31-3)23-19(28)12-16(13-21(23)33-25(24)27)15-8-6-5-7-9-15/h5-11,14,16,22H,4,12-13,27H2,1-3H3/t16-,22-/m0/s1. The third kappa shape index (κ3) is 4.18. The fourth-order valence-corrected chi connectivity index (χ4v) is 4.54. The first-order chi connectivity index (χ1) is 16.0. The molecule has 0 fully saturated rings. The number of ether oxygens (including phenoxy) is 4. The van der Waals surface area contributed by atoms with Crippen LogP contribution in [0.2, 0.25) is 0 Å². The van der Waals surface area contributed by atoms with Gasteiger partial charge in [0.1, 0.15) is 22.8 Å². The van der Waals surface area contributed by atoms with Gasteiger partial charge in [0.2, 0.25) is 5.88 Å². The predicted molar refractivity (Wildman–Crippen MR) is 122 cm³/mol. The molecule has 0 radical (unpaired) electrons. The van der Waals surface area contributed by atoms with Crippen molar-refractivity contribution in [3.05, 3.63) is 82.4 Å². The summed E-state index contributed by atoms with van der Waals surface area (Å²) >= 11 is 0. The molecule has 7 nitrogen and oxygen atoms in total. The van der Waals surface area contributed by atoms with Crippen LogP contribution in [-0.2, 0) is 19.1 Å². The van der Waals surface area contributed by atoms with E-state index in [9.17, 15) is 9.59 Å². The lowest BCUT2D eigenvalue weighted by Gasteiger charge is -2.35. The first-order valence-electron chi connectivity index (χ1n) is 10.9. The van der Waals surface area contributed by atoms with Crippen molar-refractivity contribution in [3.63, 3.8) is 0 Å². The maximum Gasteiger partial charge on any atom is 0.340 e. The van der Waals surface area contributed by atoms with Gasteiger partial charge in [0, 0.05) is 30.0 Å². The number of rotatable bonds is 6. The summed E-state index contributed by atoms with van der Waals surface area (Å²) in [6.07, 6.45) is 0.800. The summed E-state index contributed by atoms with van der Waals surface area (Å²) < 4.78 is 22.1. The molecule has 0 amide bonds. The second-order valence-electron chi connectivity index (χ2n) is 7.92. The number of carbonyl (C=O) groups excluding carboxylic acids is 2. The Morgan fingerprint density at radius 3 is 2.52 bits per heavy atom. The Morgan fingerprint density at radius 1 is 1.09 bits per heavy atom. The SMILES string of the molecule is CCOC(=O)C1=C(N)OC2=C(C(=O)C[C@H](c3ccccc3)C2)[C@@H]1c1ccc(OC)cc1OC. The molecular weight excluding hydrogens is 422 g/mol. The molecule has 1 aliphatic carbocycles. The highest BCUT2D eigenvalue weighted by molar-refractivity contribution is 6.04. The van der Waals surface area contributed by atoms with Crippen LogP contribution in [0.4, 0.5) is 0 Å². The van der Waals surface area contributed by atoms with E-state index in [2.05, 4.69) is 0 Å². The first-order valence-corrected chi connectivity index (χ1v) is 10.9. The predicted octanol–water partition coefficient (Wildman–Crippen LogP) is 3.95. The number of ketones is 1. The molecule has 7 heteroatoms. The summed E-state index contributed by atoms with van der Waals surface area (Å²) in [5.41, 5.74) is 8.46. The van der Waals surface area contributed by atoms with Crippen molar-refractivity contribution in [2.75, 3.05) is 20.8 Å². The number of esters is 1. The number of carbonyl (C=O) groups is 2. The van der Waals surface area contributed by atoms with Gasteiger partial charge in [-0.2, -0.15) is 0 Å². The van der Waals surface area contributed by atoms with Gasteiger partial charge in [0.25, 0.3) is 0 Å². The number of Topliss-reactive ketones (excluding diaryl/α,β-unsaturated/α-hetero) is 1. The molecule has 0 unspecified atom stereocenters. The summed E-state index contributed by atoms with van der Waals surface area (Å²) in [6, 6.07) is 15.1. The van der Waals surface area contributed by atoms with Crippen molar-refractivity contribution < 1.29 is 28.5 Å². The summed E-state index contributed by atoms with van der Waals surface area (Å²) in [5.74, 6) is -0.0354. The van der Waals surface area contributed by atoms with Crippen LogP contribution in [0.5, 0.6) is 11.5 Å². The van der Waals surface area contributed by atoms with Gasteiger partial charge in [0.15, 0.2) is 5.78 Å². The largest absolute Gasteiger partial charge is 0.497 e. The molecule has 0 saturated heterocycles. The van der Waals surface area contributed by atoms with Gasteiger partial charge >= 0.3 is 5.97 Å². The van der Waals surface area contributed by atoms with Crippen LogP contribution >= 0.6 is 0 Å². The van der Waals surface area contributed by atoms with E-state index in [1.807, 2.05) is 30.3 Å². The number of nitrogens with two attached hydrogens (primary N) is 1. The lowest BCUT2D eigenvalue weighted by Crippen LogP contribution is -2.33. The number of hydrogen-bond donors (Lipinski definition) is 1. The average molecular weight is 450 g/mol. The second kappa shape index (κ2) is 9.40. The summed E-state index contributed by atoms with van der Waals surface area (Å²) in [4.78, 5) is 26.5. The van der Waals surface area contributed by atoms with Gasteiger partial charge in [0.05, 0.1) is 26.7 Å². The van der Waals surface area contributed by atoms with Crippen molar-refractivity contribution in [1.82, 2.24) is 0 Å². The molecule has 4 rings (SSSR count). The zero-order chi connectivity index (χ0) is 23.5. The highest BCUT2D eigenvalue weighted by Crippen LogP contribution is 2.49. The van der Waals surface area contributed by atoms with Gasteiger partial charge in [-0.05, 0) is 24.5 Å². The van der Waals surface area contributed by atoms with Crippen molar-refractivity contribution >= 4 is 11.8 Å². The molecule has 2 aliphatic rings. The summed E-state index contributed by atoms with van der Waals surface area (Å²) in [7, 11) is 3.08. The Balaban J connectivity index is 1.85. The third-order valence-electron chi connectivity index (χ3n) is 6.06. The number of benzene rings is 2. The van der Waals surface area contributed by atoms with Gasteiger partial charge < -0.3 is 24.7 Å². The monoisotopic (exact) mass is 449 g/mol. The van der Waals surface area contributed by atoms with Crippen molar-refractivity contribution in [3.8, 4) is 11.5 Å². The van der Waals surface area contributed by atoms with E-state index in [1.54, 1.807) is 32.2 Å². The van der Waals surface area contributed by atoms with E-state index in [0.29, 0.717) is 41.2 Å². The first kappa shape index (κ1) is 22.5. The van der Waals surface area contributed by atoms with Gasteiger partial charge in [-0.25, -0.2) is 4.79 Å². The minimum atomic E-state index is -0.766. The maximum atomic E-state index is 13.5. The highest BCUT2D eigenvalue weighted by atomic mass is 16.5. The van der Waals surface area contributed by atoms with Crippen molar-refractivity contribution in [2.45, 2.75) is 31.6 Å². The van der Waals surface area contributed by atoms with Gasteiger partial charge in [-0.15, -0.1) is 0 Å².